The van der Waals surface area contributed by atoms with Crippen molar-refractivity contribution in [2.24, 2.45) is 0 Å². The molecule has 2 aromatic heterocycles. The fourth-order valence-electron chi connectivity index (χ4n) is 3.27. The van der Waals surface area contributed by atoms with Gasteiger partial charge in [0.1, 0.15) is 5.52 Å². The molecular weight excluding hydrogens is 330 g/mol. The third-order valence-electron chi connectivity index (χ3n) is 4.60. The van der Waals surface area contributed by atoms with E-state index in [9.17, 15) is 4.79 Å². The molecule has 0 atom stereocenters. The Morgan fingerprint density at radius 1 is 1.00 bits per heavy atom. The van der Waals surface area contributed by atoms with E-state index in [1.807, 2.05) is 50.2 Å². The summed E-state index contributed by atoms with van der Waals surface area (Å²) in [4.78, 5) is 16.3. The number of aromatic nitrogens is 3. The Morgan fingerprint density at radius 3 is 2.31 bits per heavy atom. The molecule has 2 heterocycles. The van der Waals surface area contributed by atoms with Gasteiger partial charge in [-0.2, -0.15) is 9.78 Å². The lowest BCUT2D eigenvalue weighted by Crippen LogP contribution is -2.22. The fraction of sp³-hybridized carbons (Fsp3) is 0.200. The fourth-order valence-corrected chi connectivity index (χ4v) is 3.27. The van der Waals surface area contributed by atoms with Gasteiger partial charge in [0.05, 0.1) is 31.1 Å². The topological polar surface area (TPSA) is 69.1 Å². The van der Waals surface area contributed by atoms with Gasteiger partial charge in [-0.15, -0.1) is 0 Å². The molecule has 4 aromatic rings. The predicted octanol–water partition coefficient (Wildman–Crippen LogP) is 3.50. The van der Waals surface area contributed by atoms with E-state index in [4.69, 9.17) is 9.47 Å². The van der Waals surface area contributed by atoms with Crippen LogP contribution in [0, 0.1) is 13.8 Å². The average Bonchev–Trinajstić information content (AvgIpc) is 3.03. The standard InChI is InChI=1S/C20H19N3O3/c1-11-5-7-13(8-6-11)23-20(24)19-18(12(2)22-23)14-9-16(25-3)17(26-4)10-15(14)21-19/h5-10,21H,1-4H3. The molecule has 26 heavy (non-hydrogen) atoms. The van der Waals surface area contributed by atoms with E-state index in [1.54, 1.807) is 14.2 Å². The lowest BCUT2D eigenvalue weighted by Gasteiger charge is -2.08. The van der Waals surface area contributed by atoms with Gasteiger partial charge < -0.3 is 14.5 Å². The van der Waals surface area contributed by atoms with E-state index in [2.05, 4.69) is 10.1 Å². The van der Waals surface area contributed by atoms with Gasteiger partial charge in [0.2, 0.25) is 0 Å². The normalized spacial score (nSPS) is 11.2. The first-order valence-corrected chi connectivity index (χ1v) is 8.28. The number of aromatic amines is 1. The summed E-state index contributed by atoms with van der Waals surface area (Å²) in [6, 6.07) is 11.4. The highest BCUT2D eigenvalue weighted by Crippen LogP contribution is 2.35. The summed E-state index contributed by atoms with van der Waals surface area (Å²) in [7, 11) is 3.18. The van der Waals surface area contributed by atoms with Crippen LogP contribution in [0.5, 0.6) is 11.5 Å². The van der Waals surface area contributed by atoms with Gasteiger partial charge in [-0.25, -0.2) is 0 Å². The van der Waals surface area contributed by atoms with Crippen molar-refractivity contribution >= 4 is 21.8 Å². The molecule has 0 aliphatic rings. The molecule has 132 valence electrons. The van der Waals surface area contributed by atoms with Crippen LogP contribution in [0.1, 0.15) is 11.3 Å². The van der Waals surface area contributed by atoms with Crippen molar-refractivity contribution in [1.29, 1.82) is 0 Å². The molecule has 0 aliphatic carbocycles. The minimum Gasteiger partial charge on any atom is -0.493 e. The molecule has 1 N–H and O–H groups in total. The van der Waals surface area contributed by atoms with Gasteiger partial charge in [0.15, 0.2) is 11.5 Å². The van der Waals surface area contributed by atoms with Crippen LogP contribution in [0.25, 0.3) is 27.5 Å². The molecule has 0 amide bonds. The summed E-state index contributed by atoms with van der Waals surface area (Å²) in [6.07, 6.45) is 0. The first-order chi connectivity index (χ1) is 12.5. The van der Waals surface area contributed by atoms with Crippen molar-refractivity contribution in [1.82, 2.24) is 14.8 Å². The smallest absolute Gasteiger partial charge is 0.295 e. The number of ether oxygens (including phenoxy) is 2. The Kier molecular flexibility index (Phi) is 3.68. The number of H-pyrrole nitrogens is 1. The van der Waals surface area contributed by atoms with E-state index in [0.29, 0.717) is 17.0 Å². The van der Waals surface area contributed by atoms with E-state index >= 15 is 0 Å². The summed E-state index contributed by atoms with van der Waals surface area (Å²) in [5.74, 6) is 1.22. The second-order valence-corrected chi connectivity index (χ2v) is 6.27. The number of fused-ring (bicyclic) bond motifs is 3. The van der Waals surface area contributed by atoms with Crippen molar-refractivity contribution in [2.75, 3.05) is 14.2 Å². The molecule has 0 unspecified atom stereocenters. The third-order valence-corrected chi connectivity index (χ3v) is 4.60. The van der Waals surface area contributed by atoms with Crippen LogP contribution in [0.15, 0.2) is 41.2 Å². The summed E-state index contributed by atoms with van der Waals surface area (Å²) >= 11 is 0. The lowest BCUT2D eigenvalue weighted by molar-refractivity contribution is 0.356. The van der Waals surface area contributed by atoms with Crippen molar-refractivity contribution in [3.05, 3.63) is 58.0 Å². The number of hydrogen-bond donors (Lipinski definition) is 1. The molecule has 6 nitrogen and oxygen atoms in total. The predicted molar refractivity (Wildman–Crippen MR) is 102 cm³/mol. The first-order valence-electron chi connectivity index (χ1n) is 8.28. The second-order valence-electron chi connectivity index (χ2n) is 6.27. The van der Waals surface area contributed by atoms with Gasteiger partial charge >= 0.3 is 0 Å². The minimum atomic E-state index is -0.191. The van der Waals surface area contributed by atoms with Crippen LogP contribution in [-0.4, -0.2) is 29.0 Å². The molecule has 0 aliphatic heterocycles. The molecule has 6 heteroatoms. The number of rotatable bonds is 3. The van der Waals surface area contributed by atoms with E-state index < -0.39 is 0 Å². The maximum Gasteiger partial charge on any atom is 0.295 e. The number of nitrogens with one attached hydrogen (secondary N) is 1. The maximum atomic E-state index is 13.1. The van der Waals surface area contributed by atoms with Crippen molar-refractivity contribution in [3.8, 4) is 17.2 Å². The molecule has 0 saturated carbocycles. The zero-order chi connectivity index (χ0) is 18.4. The van der Waals surface area contributed by atoms with Crippen LogP contribution >= 0.6 is 0 Å². The first kappa shape index (κ1) is 16.2. The number of benzene rings is 2. The monoisotopic (exact) mass is 349 g/mol. The number of hydrogen-bond acceptors (Lipinski definition) is 4. The maximum absolute atomic E-state index is 13.1. The van der Waals surface area contributed by atoms with Gasteiger partial charge in [-0.1, -0.05) is 17.7 Å². The van der Waals surface area contributed by atoms with Crippen LogP contribution in [0.2, 0.25) is 0 Å². The van der Waals surface area contributed by atoms with Crippen molar-refractivity contribution in [2.45, 2.75) is 13.8 Å². The SMILES string of the molecule is COc1cc2[nH]c3c(=O)n(-c4ccc(C)cc4)nc(C)c3c2cc1OC. The quantitative estimate of drug-likeness (QED) is 0.615. The zero-order valence-electron chi connectivity index (χ0n) is 15.1. The summed E-state index contributed by atoms with van der Waals surface area (Å²) < 4.78 is 12.2. The summed E-state index contributed by atoms with van der Waals surface area (Å²) in [5, 5.41) is 6.22. The highest BCUT2D eigenvalue weighted by molar-refractivity contribution is 6.09. The van der Waals surface area contributed by atoms with Crippen LogP contribution < -0.4 is 15.0 Å². The van der Waals surface area contributed by atoms with Gasteiger partial charge in [-0.05, 0) is 32.0 Å². The Morgan fingerprint density at radius 2 is 1.65 bits per heavy atom. The largest absolute Gasteiger partial charge is 0.493 e. The van der Waals surface area contributed by atoms with E-state index in [0.717, 1.165) is 33.2 Å². The Bertz CT molecular complexity index is 1190. The van der Waals surface area contributed by atoms with E-state index in [1.165, 1.54) is 4.68 Å². The number of nitrogens with zero attached hydrogens (tertiary/aromatic N) is 2. The molecule has 0 spiro atoms. The van der Waals surface area contributed by atoms with Crippen LogP contribution in [0.4, 0.5) is 0 Å². The van der Waals surface area contributed by atoms with E-state index in [-0.39, 0.29) is 5.56 Å². The molecule has 0 fully saturated rings. The Balaban J connectivity index is 2.06. The van der Waals surface area contributed by atoms with Gasteiger partial charge in [0.25, 0.3) is 5.56 Å². The van der Waals surface area contributed by atoms with Crippen LogP contribution in [0.3, 0.4) is 0 Å². The zero-order valence-corrected chi connectivity index (χ0v) is 15.1. The molecule has 2 aromatic carbocycles. The minimum absolute atomic E-state index is 0.191. The summed E-state index contributed by atoms with van der Waals surface area (Å²) in [5.41, 5.74) is 3.76. The molecule has 0 radical (unpaired) electrons. The third kappa shape index (κ3) is 2.34. The molecule has 4 rings (SSSR count). The van der Waals surface area contributed by atoms with Crippen molar-refractivity contribution in [3.63, 3.8) is 0 Å². The highest BCUT2D eigenvalue weighted by Gasteiger charge is 2.17. The average molecular weight is 349 g/mol. The number of aryl methyl sites for hydroxylation is 2. The molecular formula is C20H19N3O3. The number of methoxy groups -OCH3 is 2. The lowest BCUT2D eigenvalue weighted by atomic mass is 10.1. The van der Waals surface area contributed by atoms with Crippen molar-refractivity contribution < 1.29 is 9.47 Å². The highest BCUT2D eigenvalue weighted by atomic mass is 16.5. The van der Waals surface area contributed by atoms with Gasteiger partial charge in [0, 0.05) is 16.8 Å². The molecule has 0 bridgehead atoms. The Hall–Kier alpha value is -3.28. The molecule has 0 saturated heterocycles. The van der Waals surface area contributed by atoms with Crippen LogP contribution in [-0.2, 0) is 0 Å². The van der Waals surface area contributed by atoms with Gasteiger partial charge in [-0.3, -0.25) is 4.79 Å². The second kappa shape index (κ2) is 5.91. The summed E-state index contributed by atoms with van der Waals surface area (Å²) in [6.45, 7) is 3.91. The Labute approximate surface area is 150 Å².